The van der Waals surface area contributed by atoms with Crippen molar-refractivity contribution in [2.45, 2.75) is 36.3 Å². The summed E-state index contributed by atoms with van der Waals surface area (Å²) in [5.41, 5.74) is 11.1. The molecule has 2 unspecified atom stereocenters. The predicted molar refractivity (Wildman–Crippen MR) is 78.6 cm³/mol. The number of thioether (sulfide) groups is 1. The summed E-state index contributed by atoms with van der Waals surface area (Å²) in [6.07, 6.45) is 1.87. The molecule has 0 bridgehead atoms. The van der Waals surface area contributed by atoms with E-state index in [4.69, 9.17) is 11.5 Å². The van der Waals surface area contributed by atoms with Crippen molar-refractivity contribution >= 4 is 24.0 Å². The maximum atomic E-state index is 11.1. The van der Waals surface area contributed by atoms with Crippen LogP contribution in [0.25, 0.3) is 0 Å². The third kappa shape index (κ3) is 5.44. The van der Waals surface area contributed by atoms with Gasteiger partial charge in [-0.3, -0.25) is 4.79 Å². The number of hydrogen-bond acceptors (Lipinski definition) is 4. The largest absolute Gasteiger partial charge is 0.368 e. The van der Waals surface area contributed by atoms with Gasteiger partial charge in [-0.25, -0.2) is 0 Å². The van der Waals surface area contributed by atoms with Gasteiger partial charge in [0.2, 0.25) is 5.91 Å². The molecule has 0 spiro atoms. The van der Waals surface area contributed by atoms with Gasteiger partial charge in [0.05, 0.1) is 10.8 Å². The number of primary amides is 1. The molecule has 19 heavy (non-hydrogen) atoms. The molecule has 0 aliphatic rings. The molecule has 0 saturated heterocycles. The summed E-state index contributed by atoms with van der Waals surface area (Å²) in [5.74, 6) is 0.229. The van der Waals surface area contributed by atoms with E-state index in [0.717, 1.165) is 12.0 Å². The van der Waals surface area contributed by atoms with E-state index in [1.54, 1.807) is 18.7 Å². The second-order valence-electron chi connectivity index (χ2n) is 4.79. The lowest BCUT2D eigenvalue weighted by Crippen LogP contribution is -2.49. The molecular formula is C14H20N2O2S. The summed E-state index contributed by atoms with van der Waals surface area (Å²) < 4.78 is 0. The van der Waals surface area contributed by atoms with Gasteiger partial charge in [0.1, 0.15) is 6.29 Å². The van der Waals surface area contributed by atoms with E-state index in [9.17, 15) is 9.59 Å². The van der Waals surface area contributed by atoms with E-state index in [2.05, 4.69) is 0 Å². The smallest absolute Gasteiger partial charge is 0.237 e. The first-order valence-corrected chi connectivity index (χ1v) is 7.20. The Morgan fingerprint density at radius 2 is 2.05 bits per heavy atom. The quantitative estimate of drug-likeness (QED) is 0.706. The van der Waals surface area contributed by atoms with Crippen LogP contribution in [0.1, 0.15) is 25.3 Å². The molecular weight excluding hydrogens is 260 g/mol. The predicted octanol–water partition coefficient (Wildman–Crippen LogP) is 1.47. The Balaban J connectivity index is 2.42. The molecule has 1 aromatic rings. The van der Waals surface area contributed by atoms with Gasteiger partial charge in [0.25, 0.3) is 0 Å². The Morgan fingerprint density at radius 3 is 2.58 bits per heavy atom. The highest BCUT2D eigenvalue weighted by Crippen LogP contribution is 2.22. The van der Waals surface area contributed by atoms with Gasteiger partial charge in [-0.1, -0.05) is 30.3 Å². The summed E-state index contributed by atoms with van der Waals surface area (Å²) in [6.45, 7) is 1.60. The molecule has 0 aromatic heterocycles. The fraction of sp³-hybridized carbons (Fsp3) is 0.429. The van der Waals surface area contributed by atoms with Crippen molar-refractivity contribution in [3.8, 4) is 0 Å². The number of aldehydes is 1. The molecule has 4 N–H and O–H groups in total. The van der Waals surface area contributed by atoms with Crippen molar-refractivity contribution < 1.29 is 9.59 Å². The van der Waals surface area contributed by atoms with Crippen LogP contribution in [0.15, 0.2) is 30.3 Å². The molecule has 2 atom stereocenters. The van der Waals surface area contributed by atoms with Crippen molar-refractivity contribution in [3.63, 3.8) is 0 Å². The van der Waals surface area contributed by atoms with Crippen molar-refractivity contribution in [1.82, 2.24) is 0 Å². The summed E-state index contributed by atoms with van der Waals surface area (Å²) in [6, 6.07) is 9.93. The van der Waals surface area contributed by atoms with Crippen LogP contribution in [0.2, 0.25) is 0 Å². The molecule has 0 fully saturated rings. The van der Waals surface area contributed by atoms with E-state index < -0.39 is 11.4 Å². The van der Waals surface area contributed by atoms with Crippen LogP contribution in [-0.4, -0.2) is 23.0 Å². The zero-order chi connectivity index (χ0) is 14.3. The van der Waals surface area contributed by atoms with Crippen LogP contribution < -0.4 is 11.5 Å². The molecule has 0 heterocycles. The van der Waals surface area contributed by atoms with E-state index >= 15 is 0 Å². The number of rotatable bonds is 8. The molecule has 0 saturated carbocycles. The number of amides is 1. The molecule has 104 valence electrons. The highest BCUT2D eigenvalue weighted by Gasteiger charge is 2.26. The van der Waals surface area contributed by atoms with Crippen LogP contribution >= 0.6 is 11.8 Å². The van der Waals surface area contributed by atoms with E-state index in [1.807, 2.05) is 30.3 Å². The van der Waals surface area contributed by atoms with E-state index in [1.165, 1.54) is 5.56 Å². The van der Waals surface area contributed by atoms with Crippen LogP contribution in [0.5, 0.6) is 0 Å². The average molecular weight is 280 g/mol. The van der Waals surface area contributed by atoms with Crippen LogP contribution in [0.4, 0.5) is 0 Å². The molecule has 5 heteroatoms. The number of benzene rings is 1. The topological polar surface area (TPSA) is 86.2 Å². The zero-order valence-electron chi connectivity index (χ0n) is 11.0. The Morgan fingerprint density at radius 1 is 1.42 bits per heavy atom. The fourth-order valence-corrected chi connectivity index (χ4v) is 2.50. The number of carbonyl (C=O) groups excluding carboxylic acids is 2. The first-order chi connectivity index (χ1) is 8.95. The van der Waals surface area contributed by atoms with Gasteiger partial charge in [-0.15, -0.1) is 11.8 Å². The van der Waals surface area contributed by atoms with Gasteiger partial charge >= 0.3 is 0 Å². The third-order valence-corrected chi connectivity index (χ3v) is 4.24. The Bertz CT molecular complexity index is 421. The van der Waals surface area contributed by atoms with E-state index in [0.29, 0.717) is 12.8 Å². The average Bonchev–Trinajstić information content (AvgIpc) is 2.40. The van der Waals surface area contributed by atoms with Crippen LogP contribution in [0.3, 0.4) is 0 Å². The number of carbonyl (C=O) groups is 2. The van der Waals surface area contributed by atoms with Gasteiger partial charge in [-0.2, -0.15) is 0 Å². The maximum Gasteiger partial charge on any atom is 0.237 e. The van der Waals surface area contributed by atoms with Gasteiger partial charge in [0.15, 0.2) is 0 Å². The Hall–Kier alpha value is -1.33. The second-order valence-corrected chi connectivity index (χ2v) is 6.02. The molecule has 0 aliphatic carbocycles. The summed E-state index contributed by atoms with van der Waals surface area (Å²) in [5, 5.41) is -0.164. The highest BCUT2D eigenvalue weighted by molar-refractivity contribution is 7.99. The summed E-state index contributed by atoms with van der Waals surface area (Å²) >= 11 is 1.55. The number of nitrogens with two attached hydrogens (primary N) is 2. The second kappa shape index (κ2) is 7.31. The highest BCUT2D eigenvalue weighted by atomic mass is 32.2. The monoisotopic (exact) mass is 280 g/mol. The minimum atomic E-state index is -1.05. The first kappa shape index (κ1) is 15.7. The minimum Gasteiger partial charge on any atom is -0.368 e. The van der Waals surface area contributed by atoms with Gasteiger partial charge in [0, 0.05) is 5.75 Å². The Labute approximate surface area is 117 Å². The van der Waals surface area contributed by atoms with Crippen molar-refractivity contribution in [2.24, 2.45) is 11.5 Å². The molecule has 0 radical (unpaired) electrons. The third-order valence-electron chi connectivity index (χ3n) is 2.97. The molecule has 1 aromatic carbocycles. The van der Waals surface area contributed by atoms with E-state index in [-0.39, 0.29) is 5.25 Å². The standard InChI is InChI=1S/C14H20N2O2S/c1-14(16,13(15)18)8-7-12(9-17)19-10-11-5-3-2-4-6-11/h2-6,9,12H,7-8,10,16H2,1H3,(H2,15,18). The number of hydrogen-bond donors (Lipinski definition) is 2. The van der Waals surface area contributed by atoms with Gasteiger partial charge < -0.3 is 16.3 Å². The van der Waals surface area contributed by atoms with Crippen LogP contribution in [-0.2, 0) is 15.3 Å². The summed E-state index contributed by atoms with van der Waals surface area (Å²) in [7, 11) is 0. The normalized spacial score (nSPS) is 15.5. The van der Waals surface area contributed by atoms with Crippen LogP contribution in [0, 0.1) is 0 Å². The van der Waals surface area contributed by atoms with Crippen molar-refractivity contribution in [2.75, 3.05) is 0 Å². The molecule has 0 aliphatic heterocycles. The minimum absolute atomic E-state index is 0.164. The zero-order valence-corrected chi connectivity index (χ0v) is 11.9. The lowest BCUT2D eigenvalue weighted by atomic mass is 9.95. The lowest BCUT2D eigenvalue weighted by Gasteiger charge is -2.21. The lowest BCUT2D eigenvalue weighted by molar-refractivity contribution is -0.123. The molecule has 1 amide bonds. The first-order valence-electron chi connectivity index (χ1n) is 6.15. The van der Waals surface area contributed by atoms with Crippen molar-refractivity contribution in [3.05, 3.63) is 35.9 Å². The molecule has 1 rings (SSSR count). The SMILES string of the molecule is CC(N)(CCC(C=O)SCc1ccccc1)C(N)=O. The Kier molecular flexibility index (Phi) is 6.05. The summed E-state index contributed by atoms with van der Waals surface area (Å²) in [4.78, 5) is 22.1. The maximum absolute atomic E-state index is 11.1. The van der Waals surface area contributed by atoms with Crippen molar-refractivity contribution in [1.29, 1.82) is 0 Å². The van der Waals surface area contributed by atoms with Gasteiger partial charge in [-0.05, 0) is 25.3 Å². The fourth-order valence-electron chi connectivity index (χ4n) is 1.53. The molecule has 4 nitrogen and oxygen atoms in total.